The molecule has 1 aromatic rings. The summed E-state index contributed by atoms with van der Waals surface area (Å²) in [6.07, 6.45) is 0. The van der Waals surface area contributed by atoms with Gasteiger partial charge in [-0.25, -0.2) is 0 Å². The smallest absolute Gasteiger partial charge is 0.241 e. The predicted molar refractivity (Wildman–Crippen MR) is 76.8 cm³/mol. The van der Waals surface area contributed by atoms with Gasteiger partial charge in [0, 0.05) is 31.1 Å². The Morgan fingerprint density at radius 1 is 1.33 bits per heavy atom. The van der Waals surface area contributed by atoms with E-state index in [1.54, 1.807) is 0 Å². The molecule has 1 amide bonds. The number of carbonyl (C=O) groups is 1. The van der Waals surface area contributed by atoms with E-state index in [0.29, 0.717) is 6.54 Å². The summed E-state index contributed by atoms with van der Waals surface area (Å²) < 4.78 is 0. The monoisotopic (exact) mass is 264 g/mol. The molecule has 0 saturated carbocycles. The van der Waals surface area contributed by atoms with Crippen molar-refractivity contribution in [1.82, 2.24) is 10.2 Å². The number of nitrogens with zero attached hydrogens (tertiary/aromatic N) is 1. The maximum Gasteiger partial charge on any atom is 0.241 e. The second-order valence-electron chi connectivity index (χ2n) is 4.36. The lowest BCUT2D eigenvalue weighted by molar-refractivity contribution is -0.126. The van der Waals surface area contributed by atoms with E-state index in [1.165, 1.54) is 0 Å². The van der Waals surface area contributed by atoms with Crippen LogP contribution in [0.2, 0.25) is 0 Å². The van der Waals surface area contributed by atoms with Gasteiger partial charge < -0.3 is 5.32 Å². The van der Waals surface area contributed by atoms with Crippen LogP contribution in [0.15, 0.2) is 30.3 Å². The molecule has 1 aromatic carbocycles. The van der Waals surface area contributed by atoms with Crippen LogP contribution >= 0.6 is 11.8 Å². The molecule has 0 radical (unpaired) electrons. The number of benzene rings is 1. The Bertz CT molecular complexity index is 377. The highest BCUT2D eigenvalue weighted by molar-refractivity contribution is 7.99. The topological polar surface area (TPSA) is 32.3 Å². The molecule has 4 heteroatoms. The minimum absolute atomic E-state index is 0.121. The van der Waals surface area contributed by atoms with E-state index in [1.807, 2.05) is 49.0 Å². The number of thioether (sulfide) groups is 1. The summed E-state index contributed by atoms with van der Waals surface area (Å²) in [4.78, 5) is 14.6. The summed E-state index contributed by atoms with van der Waals surface area (Å²) in [5, 5.41) is 2.95. The fourth-order valence-corrected chi connectivity index (χ4v) is 3.20. The molecule has 98 valence electrons. The lowest BCUT2D eigenvalue weighted by Gasteiger charge is -2.33. The first-order valence-electron chi connectivity index (χ1n) is 6.47. The Balaban J connectivity index is 2.19. The average molecular weight is 264 g/mol. The van der Waals surface area contributed by atoms with Crippen molar-refractivity contribution in [3.63, 3.8) is 0 Å². The third-order valence-corrected chi connectivity index (χ3v) is 4.07. The van der Waals surface area contributed by atoms with Crippen LogP contribution in [0.4, 0.5) is 0 Å². The lowest BCUT2D eigenvalue weighted by Crippen LogP contribution is -2.44. The second kappa shape index (κ2) is 6.81. The number of rotatable bonds is 4. The standard InChI is InChI=1S/C14H20N2OS/c1-2-15-14(17)13(12-6-4-3-5-7-12)16-8-10-18-11-9-16/h3-7,13H,2,8-11H2,1H3,(H,15,17)/t13-/m0/s1. The normalized spacial score (nSPS) is 18.3. The highest BCUT2D eigenvalue weighted by Crippen LogP contribution is 2.24. The molecule has 0 bridgehead atoms. The molecular weight excluding hydrogens is 244 g/mol. The fraction of sp³-hybridized carbons (Fsp3) is 0.500. The molecular formula is C14H20N2OS. The van der Waals surface area contributed by atoms with Crippen LogP contribution in [0.5, 0.6) is 0 Å². The van der Waals surface area contributed by atoms with Crippen molar-refractivity contribution in [1.29, 1.82) is 0 Å². The Labute approximate surface area is 113 Å². The zero-order valence-electron chi connectivity index (χ0n) is 10.8. The van der Waals surface area contributed by atoms with Gasteiger partial charge in [-0.3, -0.25) is 9.69 Å². The van der Waals surface area contributed by atoms with Gasteiger partial charge in [0.25, 0.3) is 0 Å². The molecule has 18 heavy (non-hydrogen) atoms. The maximum atomic E-state index is 12.3. The van der Waals surface area contributed by atoms with E-state index in [4.69, 9.17) is 0 Å². The van der Waals surface area contributed by atoms with Crippen LogP contribution < -0.4 is 5.32 Å². The van der Waals surface area contributed by atoms with E-state index in [0.717, 1.165) is 30.2 Å². The Kier molecular flexibility index (Phi) is 5.08. The zero-order valence-corrected chi connectivity index (χ0v) is 11.6. The number of hydrogen-bond donors (Lipinski definition) is 1. The molecule has 1 N–H and O–H groups in total. The first kappa shape index (κ1) is 13.4. The number of amides is 1. The van der Waals surface area contributed by atoms with Gasteiger partial charge in [-0.2, -0.15) is 11.8 Å². The van der Waals surface area contributed by atoms with Crippen LogP contribution in [0, 0.1) is 0 Å². The number of nitrogens with one attached hydrogen (secondary N) is 1. The van der Waals surface area contributed by atoms with Crippen LogP contribution in [0.25, 0.3) is 0 Å². The third kappa shape index (κ3) is 3.27. The van der Waals surface area contributed by atoms with E-state index in [2.05, 4.69) is 10.2 Å². The summed E-state index contributed by atoms with van der Waals surface area (Å²) in [5.74, 6) is 2.35. The number of likely N-dealkylation sites (N-methyl/N-ethyl adjacent to an activating group) is 1. The van der Waals surface area contributed by atoms with Gasteiger partial charge in [0.1, 0.15) is 6.04 Å². The lowest BCUT2D eigenvalue weighted by atomic mass is 10.0. The van der Waals surface area contributed by atoms with Crippen molar-refractivity contribution in [2.45, 2.75) is 13.0 Å². The number of carbonyl (C=O) groups excluding carboxylic acids is 1. The first-order chi connectivity index (χ1) is 8.83. The summed E-state index contributed by atoms with van der Waals surface area (Å²) in [6.45, 7) is 4.62. The molecule has 0 aromatic heterocycles. The molecule has 3 nitrogen and oxygen atoms in total. The molecule has 0 unspecified atom stereocenters. The number of hydrogen-bond acceptors (Lipinski definition) is 3. The van der Waals surface area contributed by atoms with Gasteiger partial charge in [0.2, 0.25) is 5.91 Å². The van der Waals surface area contributed by atoms with Crippen LogP contribution in [-0.2, 0) is 4.79 Å². The fourth-order valence-electron chi connectivity index (χ4n) is 2.27. The molecule has 1 aliphatic heterocycles. The van der Waals surface area contributed by atoms with Crippen LogP contribution in [0.1, 0.15) is 18.5 Å². The summed E-state index contributed by atoms with van der Waals surface area (Å²) in [6, 6.07) is 9.95. The van der Waals surface area contributed by atoms with E-state index >= 15 is 0 Å². The van der Waals surface area contributed by atoms with Crippen molar-refractivity contribution >= 4 is 17.7 Å². The molecule has 0 aliphatic carbocycles. The molecule has 2 rings (SSSR count). The molecule has 0 spiro atoms. The van der Waals surface area contributed by atoms with Gasteiger partial charge in [0.05, 0.1) is 0 Å². The second-order valence-corrected chi connectivity index (χ2v) is 5.58. The molecule has 1 heterocycles. The van der Waals surface area contributed by atoms with Crippen LogP contribution in [0.3, 0.4) is 0 Å². The zero-order chi connectivity index (χ0) is 12.8. The van der Waals surface area contributed by atoms with Crippen molar-refractivity contribution < 1.29 is 4.79 Å². The van der Waals surface area contributed by atoms with Crippen molar-refractivity contribution in [3.8, 4) is 0 Å². The maximum absolute atomic E-state index is 12.3. The van der Waals surface area contributed by atoms with Gasteiger partial charge in [-0.15, -0.1) is 0 Å². The van der Waals surface area contributed by atoms with E-state index < -0.39 is 0 Å². The van der Waals surface area contributed by atoms with Crippen LogP contribution in [-0.4, -0.2) is 41.9 Å². The summed E-state index contributed by atoms with van der Waals surface area (Å²) in [5.41, 5.74) is 1.09. The molecule has 1 saturated heterocycles. The minimum atomic E-state index is -0.132. The third-order valence-electron chi connectivity index (χ3n) is 3.13. The van der Waals surface area contributed by atoms with E-state index in [-0.39, 0.29) is 11.9 Å². The Morgan fingerprint density at radius 2 is 2.00 bits per heavy atom. The highest BCUT2D eigenvalue weighted by atomic mass is 32.2. The first-order valence-corrected chi connectivity index (χ1v) is 7.63. The van der Waals surface area contributed by atoms with Crippen molar-refractivity contribution in [2.24, 2.45) is 0 Å². The molecule has 1 atom stereocenters. The Hall–Kier alpha value is -1.00. The largest absolute Gasteiger partial charge is 0.355 e. The Morgan fingerprint density at radius 3 is 2.61 bits per heavy atom. The SMILES string of the molecule is CCNC(=O)[C@H](c1ccccc1)N1CCSCC1. The molecule has 1 aliphatic rings. The minimum Gasteiger partial charge on any atom is -0.355 e. The quantitative estimate of drug-likeness (QED) is 0.901. The molecule has 1 fully saturated rings. The highest BCUT2D eigenvalue weighted by Gasteiger charge is 2.28. The summed E-state index contributed by atoms with van der Waals surface area (Å²) in [7, 11) is 0. The van der Waals surface area contributed by atoms with Gasteiger partial charge in [0.15, 0.2) is 0 Å². The van der Waals surface area contributed by atoms with Gasteiger partial charge >= 0.3 is 0 Å². The van der Waals surface area contributed by atoms with Gasteiger partial charge in [-0.05, 0) is 12.5 Å². The average Bonchev–Trinajstić information content (AvgIpc) is 2.42. The van der Waals surface area contributed by atoms with E-state index in [9.17, 15) is 4.79 Å². The predicted octanol–water partition coefficient (Wildman–Crippen LogP) is 1.91. The van der Waals surface area contributed by atoms with Gasteiger partial charge in [-0.1, -0.05) is 30.3 Å². The summed E-state index contributed by atoms with van der Waals surface area (Å²) >= 11 is 1.96. The van der Waals surface area contributed by atoms with Crippen molar-refractivity contribution in [3.05, 3.63) is 35.9 Å². The van der Waals surface area contributed by atoms with Crippen molar-refractivity contribution in [2.75, 3.05) is 31.1 Å².